The average molecular weight is 455 g/mol. The fourth-order valence-electron chi connectivity index (χ4n) is 3.44. The van der Waals surface area contributed by atoms with Gasteiger partial charge >= 0.3 is 6.18 Å². The summed E-state index contributed by atoms with van der Waals surface area (Å²) in [5, 5.41) is 4.04. The molecule has 0 spiro atoms. The van der Waals surface area contributed by atoms with Crippen molar-refractivity contribution in [2.75, 3.05) is 24.6 Å². The number of hydrogen-bond acceptors (Lipinski definition) is 5. The molecule has 0 radical (unpaired) electrons. The van der Waals surface area contributed by atoms with Crippen molar-refractivity contribution in [2.45, 2.75) is 18.5 Å². The first-order valence-electron chi connectivity index (χ1n) is 9.58. The highest BCUT2D eigenvalue weighted by atomic mass is 19.4. The van der Waals surface area contributed by atoms with Gasteiger partial charge in [0.15, 0.2) is 6.61 Å². The third kappa shape index (κ3) is 4.58. The zero-order valence-electron chi connectivity index (χ0n) is 16.8. The Morgan fingerprint density at radius 3 is 2.44 bits per heavy atom. The molecule has 1 saturated heterocycles. The molecular weight excluding hydrogens is 437 g/mol. The second-order valence-corrected chi connectivity index (χ2v) is 7.38. The quantitative estimate of drug-likeness (QED) is 0.552. The molecule has 32 heavy (non-hydrogen) atoms. The van der Waals surface area contributed by atoms with Gasteiger partial charge in [0.05, 0.1) is 23.6 Å². The van der Waals surface area contributed by atoms with E-state index in [2.05, 4.69) is 14.8 Å². The summed E-state index contributed by atoms with van der Waals surface area (Å²) in [6.45, 7) is -2.08. The number of nitrogens with zero attached hydrogens (tertiary/aromatic N) is 5. The van der Waals surface area contributed by atoms with Crippen LogP contribution in [0.1, 0.15) is 6.42 Å². The van der Waals surface area contributed by atoms with Crippen molar-refractivity contribution in [3.63, 3.8) is 0 Å². The lowest BCUT2D eigenvalue weighted by Gasteiger charge is -2.22. The zero-order chi connectivity index (χ0) is 23.1. The lowest BCUT2D eigenvalue weighted by molar-refractivity contribution is -0.153. The summed E-state index contributed by atoms with van der Waals surface area (Å²) in [6, 6.07) is 8.17. The fourth-order valence-corrected chi connectivity index (χ4v) is 3.44. The van der Waals surface area contributed by atoms with Crippen molar-refractivity contribution in [1.29, 1.82) is 0 Å². The summed E-state index contributed by atoms with van der Waals surface area (Å²) in [7, 11) is 1.66. The van der Waals surface area contributed by atoms with E-state index in [4.69, 9.17) is 0 Å². The maximum absolute atomic E-state index is 13.9. The lowest BCUT2D eigenvalue weighted by atomic mass is 10.2. The van der Waals surface area contributed by atoms with Gasteiger partial charge in [-0.3, -0.25) is 9.48 Å². The largest absolute Gasteiger partial charge is 0.484 e. The van der Waals surface area contributed by atoms with Crippen LogP contribution in [0, 0.1) is 0 Å². The van der Waals surface area contributed by atoms with E-state index in [0.29, 0.717) is 5.69 Å². The van der Waals surface area contributed by atoms with Crippen LogP contribution in [0.4, 0.5) is 27.9 Å². The van der Waals surface area contributed by atoms with Crippen molar-refractivity contribution in [2.24, 2.45) is 7.05 Å². The van der Waals surface area contributed by atoms with Crippen molar-refractivity contribution in [1.82, 2.24) is 19.3 Å². The molecule has 0 atom stereocenters. The maximum Gasteiger partial charge on any atom is 0.422 e. The van der Waals surface area contributed by atoms with E-state index in [9.17, 15) is 26.7 Å². The summed E-state index contributed by atoms with van der Waals surface area (Å²) in [5.41, 5.74) is 0.507. The molecule has 170 valence electrons. The Morgan fingerprint density at radius 2 is 1.88 bits per heavy atom. The second kappa shape index (κ2) is 7.92. The molecule has 0 saturated carbocycles. The predicted octanol–water partition coefficient (Wildman–Crippen LogP) is 3.42. The average Bonchev–Trinajstić information content (AvgIpc) is 3.30. The van der Waals surface area contributed by atoms with Gasteiger partial charge in [-0.15, -0.1) is 0 Å². The Balaban J connectivity index is 1.76. The van der Waals surface area contributed by atoms with Crippen LogP contribution in [0.2, 0.25) is 0 Å². The normalized spacial score (nSPS) is 15.9. The minimum absolute atomic E-state index is 0.00911. The molecule has 3 aromatic rings. The third-order valence-corrected chi connectivity index (χ3v) is 4.93. The van der Waals surface area contributed by atoms with Gasteiger partial charge in [-0.2, -0.15) is 18.3 Å². The number of rotatable bonds is 5. The Kier molecular flexibility index (Phi) is 5.39. The highest BCUT2D eigenvalue weighted by Crippen LogP contribution is 2.31. The molecular formula is C20H18F5N5O2. The van der Waals surface area contributed by atoms with E-state index in [1.165, 1.54) is 46.1 Å². The number of alkyl halides is 5. The molecule has 0 unspecified atom stereocenters. The topological polar surface area (TPSA) is 65.2 Å². The minimum atomic E-state index is -4.49. The van der Waals surface area contributed by atoms with Crippen LogP contribution in [-0.4, -0.2) is 51.1 Å². The van der Waals surface area contributed by atoms with Crippen molar-refractivity contribution >= 4 is 5.95 Å². The summed E-state index contributed by atoms with van der Waals surface area (Å²) in [6.07, 6.45) is -3.36. The molecule has 1 aliphatic heterocycles. The molecule has 4 rings (SSSR count). The third-order valence-electron chi connectivity index (χ3n) is 4.93. The van der Waals surface area contributed by atoms with Crippen LogP contribution < -0.4 is 15.2 Å². The summed E-state index contributed by atoms with van der Waals surface area (Å²) in [4.78, 5) is 18.8. The number of benzene rings is 1. The molecule has 0 N–H and O–H groups in total. The smallest absolute Gasteiger partial charge is 0.422 e. The second-order valence-electron chi connectivity index (χ2n) is 7.38. The molecule has 7 nitrogen and oxygen atoms in total. The fraction of sp³-hybridized carbons (Fsp3) is 0.350. The first kappa shape index (κ1) is 21.8. The van der Waals surface area contributed by atoms with Gasteiger partial charge in [0.2, 0.25) is 5.95 Å². The number of halogens is 5. The van der Waals surface area contributed by atoms with Gasteiger partial charge in [0.25, 0.3) is 11.5 Å². The molecule has 3 heterocycles. The Bertz CT molecular complexity index is 1170. The molecule has 12 heteroatoms. The number of aryl methyl sites for hydroxylation is 1. The highest BCUT2D eigenvalue weighted by molar-refractivity contribution is 5.58. The van der Waals surface area contributed by atoms with Crippen molar-refractivity contribution in [3.8, 4) is 22.8 Å². The Morgan fingerprint density at radius 1 is 1.16 bits per heavy atom. The van der Waals surface area contributed by atoms with E-state index >= 15 is 0 Å². The van der Waals surface area contributed by atoms with Gasteiger partial charge in [0.1, 0.15) is 5.75 Å². The van der Waals surface area contributed by atoms with E-state index < -0.39 is 30.8 Å². The predicted molar refractivity (Wildman–Crippen MR) is 105 cm³/mol. The van der Waals surface area contributed by atoms with E-state index in [-0.39, 0.29) is 36.0 Å². The van der Waals surface area contributed by atoms with Gasteiger partial charge in [-0.25, -0.2) is 18.3 Å². The number of anilines is 1. The zero-order valence-corrected chi connectivity index (χ0v) is 16.8. The van der Waals surface area contributed by atoms with Crippen molar-refractivity contribution in [3.05, 3.63) is 52.9 Å². The van der Waals surface area contributed by atoms with E-state index in [1.54, 1.807) is 13.1 Å². The molecule has 0 bridgehead atoms. The summed E-state index contributed by atoms with van der Waals surface area (Å²) in [5.74, 6) is -2.97. The van der Waals surface area contributed by atoms with Crippen LogP contribution in [0.5, 0.6) is 5.75 Å². The molecule has 1 aromatic carbocycles. The van der Waals surface area contributed by atoms with Crippen LogP contribution in [0.3, 0.4) is 0 Å². The maximum atomic E-state index is 13.9. The summed E-state index contributed by atoms with van der Waals surface area (Å²) >= 11 is 0. The first-order valence-corrected chi connectivity index (χ1v) is 9.58. The molecule has 0 amide bonds. The number of aromatic nitrogens is 4. The van der Waals surface area contributed by atoms with Gasteiger partial charge in [-0.1, -0.05) is 0 Å². The Labute approximate surface area is 178 Å². The number of hydrogen-bond donors (Lipinski definition) is 0. The standard InChI is InChI=1S/C20H18F5N5O2/c1-28-16(6-8-26-28)15-10-17(31)30(18(27-15)29-9-7-19(21,22)11-29)13-2-4-14(5-3-13)32-12-20(23,24)25/h2-6,8,10H,7,9,11-12H2,1H3. The van der Waals surface area contributed by atoms with Gasteiger partial charge < -0.3 is 9.64 Å². The molecule has 1 aliphatic rings. The van der Waals surface area contributed by atoms with Crippen molar-refractivity contribution < 1.29 is 26.7 Å². The highest BCUT2D eigenvalue weighted by Gasteiger charge is 2.40. The van der Waals surface area contributed by atoms with Crippen LogP contribution in [0.25, 0.3) is 17.1 Å². The van der Waals surface area contributed by atoms with E-state index in [0.717, 1.165) is 4.57 Å². The van der Waals surface area contributed by atoms with E-state index in [1.807, 2.05) is 0 Å². The van der Waals surface area contributed by atoms with Crippen LogP contribution in [-0.2, 0) is 7.05 Å². The molecule has 0 aliphatic carbocycles. The van der Waals surface area contributed by atoms with Gasteiger partial charge in [-0.05, 0) is 30.3 Å². The number of ether oxygens (including phenoxy) is 1. The SMILES string of the molecule is Cn1nccc1-c1cc(=O)n(-c2ccc(OCC(F)(F)F)cc2)c(N2CCC(F)(F)C2)n1. The summed E-state index contributed by atoms with van der Waals surface area (Å²) < 4.78 is 72.2. The van der Waals surface area contributed by atoms with Crippen LogP contribution >= 0.6 is 0 Å². The molecule has 1 fully saturated rings. The molecule has 2 aromatic heterocycles. The van der Waals surface area contributed by atoms with Crippen LogP contribution in [0.15, 0.2) is 47.4 Å². The Hall–Kier alpha value is -3.44. The van der Waals surface area contributed by atoms with Gasteiger partial charge in [0, 0.05) is 32.3 Å². The monoisotopic (exact) mass is 455 g/mol. The minimum Gasteiger partial charge on any atom is -0.484 e. The lowest BCUT2D eigenvalue weighted by Crippen LogP contribution is -2.32. The first-order chi connectivity index (χ1) is 15.0.